The van der Waals surface area contributed by atoms with Gasteiger partial charge >= 0.3 is 0 Å². The molecule has 0 bridgehead atoms. The summed E-state index contributed by atoms with van der Waals surface area (Å²) in [6.45, 7) is 0.585. The molecular weight excluding hydrogens is 367 g/mol. The van der Waals surface area contributed by atoms with Crippen LogP contribution in [0, 0.1) is 15.9 Å². The first-order valence-corrected chi connectivity index (χ1v) is 8.38. The minimum atomic E-state index is -0.539. The monoisotopic (exact) mass is 384 g/mol. The van der Waals surface area contributed by atoms with E-state index in [2.05, 4.69) is 10.4 Å². The fourth-order valence-electron chi connectivity index (χ4n) is 2.64. The number of amides is 1. The Hall–Kier alpha value is -3.59. The third-order valence-electron chi connectivity index (χ3n) is 3.97. The van der Waals surface area contributed by atoms with E-state index in [0.717, 1.165) is 0 Å². The highest BCUT2D eigenvalue weighted by Crippen LogP contribution is 2.25. The Morgan fingerprint density at radius 2 is 2.04 bits per heavy atom. The van der Waals surface area contributed by atoms with Crippen LogP contribution in [0.2, 0.25) is 0 Å². The normalized spacial score (nSPS) is 10.6. The van der Waals surface area contributed by atoms with Crippen LogP contribution >= 0.6 is 0 Å². The quantitative estimate of drug-likeness (QED) is 0.384. The lowest BCUT2D eigenvalue weighted by molar-refractivity contribution is -0.384. The van der Waals surface area contributed by atoms with Gasteiger partial charge < -0.3 is 10.1 Å². The van der Waals surface area contributed by atoms with Crippen LogP contribution in [0.15, 0.2) is 54.6 Å². The molecule has 0 spiro atoms. The maximum atomic E-state index is 14.2. The second-order valence-electron chi connectivity index (χ2n) is 5.83. The summed E-state index contributed by atoms with van der Waals surface area (Å²) in [6, 6.07) is 13.2. The summed E-state index contributed by atoms with van der Waals surface area (Å²) in [6.07, 6.45) is 0. The zero-order chi connectivity index (χ0) is 20.1. The lowest BCUT2D eigenvalue weighted by Crippen LogP contribution is -2.28. The number of halogens is 1. The Kier molecular flexibility index (Phi) is 5.75. The number of aromatic nitrogens is 2. The maximum Gasteiger partial charge on any atom is 0.271 e. The number of benzene rings is 2. The van der Waals surface area contributed by atoms with Gasteiger partial charge in [-0.15, -0.1) is 0 Å². The van der Waals surface area contributed by atoms with Crippen LogP contribution in [0.4, 0.5) is 10.1 Å². The van der Waals surface area contributed by atoms with E-state index < -0.39 is 16.6 Å². The van der Waals surface area contributed by atoms with Gasteiger partial charge in [-0.2, -0.15) is 5.10 Å². The molecule has 0 fully saturated rings. The van der Waals surface area contributed by atoms with Gasteiger partial charge in [0.1, 0.15) is 11.5 Å². The Morgan fingerprint density at radius 3 is 2.75 bits per heavy atom. The molecule has 0 aliphatic carbocycles. The van der Waals surface area contributed by atoms with Gasteiger partial charge in [-0.1, -0.05) is 18.2 Å². The van der Waals surface area contributed by atoms with Gasteiger partial charge in [0.05, 0.1) is 22.9 Å². The van der Waals surface area contributed by atoms with E-state index in [1.165, 1.54) is 42.1 Å². The van der Waals surface area contributed by atoms with Crippen molar-refractivity contribution >= 4 is 11.6 Å². The van der Waals surface area contributed by atoms with E-state index in [1.54, 1.807) is 24.3 Å². The third-order valence-corrected chi connectivity index (χ3v) is 3.97. The highest BCUT2D eigenvalue weighted by atomic mass is 19.1. The molecule has 8 nitrogen and oxygen atoms in total. The number of carbonyl (C=O) groups excluding carboxylic acids is 1. The second-order valence-corrected chi connectivity index (χ2v) is 5.83. The van der Waals surface area contributed by atoms with Gasteiger partial charge in [-0.3, -0.25) is 14.9 Å². The van der Waals surface area contributed by atoms with Gasteiger partial charge in [-0.05, 0) is 24.3 Å². The summed E-state index contributed by atoms with van der Waals surface area (Å²) in [5.41, 5.74) is 0.744. The molecule has 3 aromatic rings. The summed E-state index contributed by atoms with van der Waals surface area (Å²) in [5, 5.41) is 18.1. The Morgan fingerprint density at radius 1 is 1.25 bits per heavy atom. The molecule has 1 N–H and O–H groups in total. The number of rotatable bonds is 7. The molecule has 0 radical (unpaired) electrons. The number of methoxy groups -OCH3 is 1. The molecule has 0 aliphatic rings. The molecule has 0 aliphatic heterocycles. The Bertz CT molecular complexity index is 1020. The molecule has 0 saturated heterocycles. The number of carbonyl (C=O) groups is 1. The SMILES string of the molecule is COCCNC(=O)c1cc(-c2ccccc2F)nn1-c1cccc([N+](=O)[O-])c1. The van der Waals surface area contributed by atoms with Crippen LogP contribution in [0.3, 0.4) is 0 Å². The average molecular weight is 384 g/mol. The summed E-state index contributed by atoms with van der Waals surface area (Å²) in [7, 11) is 1.51. The standard InChI is InChI=1S/C19H17FN4O4/c1-28-10-9-21-19(25)18-12-17(15-7-2-3-8-16(15)20)22-23(18)13-5-4-6-14(11-13)24(26)27/h2-8,11-12H,9-10H2,1H3,(H,21,25). The van der Waals surface area contributed by atoms with E-state index in [1.807, 2.05) is 0 Å². The minimum Gasteiger partial charge on any atom is -0.383 e. The third kappa shape index (κ3) is 4.04. The van der Waals surface area contributed by atoms with E-state index in [4.69, 9.17) is 4.74 Å². The molecule has 0 saturated carbocycles. The smallest absolute Gasteiger partial charge is 0.271 e. The first-order chi connectivity index (χ1) is 13.5. The highest BCUT2D eigenvalue weighted by Gasteiger charge is 2.20. The van der Waals surface area contributed by atoms with Crippen LogP contribution in [0.5, 0.6) is 0 Å². The molecule has 2 aromatic carbocycles. The summed E-state index contributed by atoms with van der Waals surface area (Å²) >= 11 is 0. The van der Waals surface area contributed by atoms with Crippen molar-refractivity contribution in [3.63, 3.8) is 0 Å². The molecule has 144 valence electrons. The maximum absolute atomic E-state index is 14.2. The zero-order valence-corrected chi connectivity index (χ0v) is 15.0. The molecule has 1 amide bonds. The van der Waals surface area contributed by atoms with Crippen molar-refractivity contribution in [1.29, 1.82) is 0 Å². The number of hydrogen-bond acceptors (Lipinski definition) is 5. The van der Waals surface area contributed by atoms with Crippen molar-refractivity contribution < 1.29 is 18.8 Å². The molecule has 1 heterocycles. The fraction of sp³-hybridized carbons (Fsp3) is 0.158. The highest BCUT2D eigenvalue weighted by molar-refractivity contribution is 5.94. The molecule has 9 heteroatoms. The van der Waals surface area contributed by atoms with Crippen molar-refractivity contribution in [1.82, 2.24) is 15.1 Å². The minimum absolute atomic E-state index is 0.120. The predicted octanol–water partition coefficient (Wildman–Crippen LogP) is 2.96. The second kappa shape index (κ2) is 8.40. The van der Waals surface area contributed by atoms with Gasteiger partial charge in [-0.25, -0.2) is 9.07 Å². The fourth-order valence-corrected chi connectivity index (χ4v) is 2.64. The van der Waals surface area contributed by atoms with E-state index in [-0.39, 0.29) is 29.2 Å². The average Bonchev–Trinajstić information content (AvgIpc) is 3.14. The largest absolute Gasteiger partial charge is 0.383 e. The summed E-state index contributed by atoms with van der Waals surface area (Å²) in [5.74, 6) is -0.948. The molecule has 0 unspecified atom stereocenters. The van der Waals surface area contributed by atoms with Crippen molar-refractivity contribution in [3.8, 4) is 16.9 Å². The van der Waals surface area contributed by atoms with E-state index in [9.17, 15) is 19.3 Å². The van der Waals surface area contributed by atoms with E-state index in [0.29, 0.717) is 12.3 Å². The van der Waals surface area contributed by atoms with Crippen LogP contribution in [-0.2, 0) is 4.74 Å². The summed E-state index contributed by atoms with van der Waals surface area (Å²) in [4.78, 5) is 23.2. The summed E-state index contributed by atoms with van der Waals surface area (Å²) < 4.78 is 20.4. The number of nitro benzene ring substituents is 1. The van der Waals surface area contributed by atoms with Crippen molar-refractivity contribution in [2.75, 3.05) is 20.3 Å². The number of ether oxygens (including phenoxy) is 1. The molecule has 28 heavy (non-hydrogen) atoms. The number of nitrogens with one attached hydrogen (secondary N) is 1. The Balaban J connectivity index is 2.09. The molecule has 1 aromatic heterocycles. The molecule has 0 atom stereocenters. The van der Waals surface area contributed by atoms with Crippen molar-refractivity contribution in [3.05, 3.63) is 76.2 Å². The van der Waals surface area contributed by atoms with Crippen molar-refractivity contribution in [2.24, 2.45) is 0 Å². The van der Waals surface area contributed by atoms with Crippen LogP contribution in [-0.4, -0.2) is 40.9 Å². The first-order valence-electron chi connectivity index (χ1n) is 8.38. The van der Waals surface area contributed by atoms with Crippen LogP contribution in [0.25, 0.3) is 16.9 Å². The Labute approximate surface area is 159 Å². The van der Waals surface area contributed by atoms with Crippen LogP contribution < -0.4 is 5.32 Å². The number of non-ortho nitro benzene ring substituents is 1. The predicted molar refractivity (Wildman–Crippen MR) is 99.8 cm³/mol. The van der Waals surface area contributed by atoms with E-state index >= 15 is 0 Å². The lowest BCUT2D eigenvalue weighted by atomic mass is 10.1. The van der Waals surface area contributed by atoms with Gasteiger partial charge in [0.15, 0.2) is 0 Å². The lowest BCUT2D eigenvalue weighted by Gasteiger charge is -2.08. The molecule has 3 rings (SSSR count). The zero-order valence-electron chi connectivity index (χ0n) is 15.0. The number of nitrogens with zero attached hydrogens (tertiary/aromatic N) is 3. The van der Waals surface area contributed by atoms with Gasteiger partial charge in [0.25, 0.3) is 11.6 Å². The van der Waals surface area contributed by atoms with Crippen LogP contribution in [0.1, 0.15) is 10.5 Å². The number of hydrogen-bond donors (Lipinski definition) is 1. The van der Waals surface area contributed by atoms with Gasteiger partial charge in [0.2, 0.25) is 0 Å². The van der Waals surface area contributed by atoms with Gasteiger partial charge in [0, 0.05) is 31.4 Å². The first kappa shape index (κ1) is 19.2. The number of nitro groups is 1. The topological polar surface area (TPSA) is 99.3 Å². The molecular formula is C19H17FN4O4. The van der Waals surface area contributed by atoms with Crippen molar-refractivity contribution in [2.45, 2.75) is 0 Å².